The van der Waals surface area contributed by atoms with E-state index in [1.165, 1.54) is 12.8 Å². The molecule has 1 aliphatic heterocycles. The number of morpholine rings is 1. The minimum absolute atomic E-state index is 0. The molecule has 3 unspecified atom stereocenters. The van der Waals surface area contributed by atoms with E-state index in [2.05, 4.69) is 29.6 Å². The fourth-order valence-corrected chi connectivity index (χ4v) is 2.80. The van der Waals surface area contributed by atoms with Crippen molar-refractivity contribution in [1.82, 2.24) is 15.5 Å². The Labute approximate surface area is 134 Å². The van der Waals surface area contributed by atoms with E-state index >= 15 is 0 Å². The molecule has 2 N–H and O–H groups in total. The van der Waals surface area contributed by atoms with Gasteiger partial charge in [0.2, 0.25) is 5.91 Å². The molecule has 7 heteroatoms. The minimum Gasteiger partial charge on any atom is -0.378 e. The summed E-state index contributed by atoms with van der Waals surface area (Å²) in [5.41, 5.74) is 0. The van der Waals surface area contributed by atoms with Crippen LogP contribution in [0.15, 0.2) is 0 Å². The van der Waals surface area contributed by atoms with Gasteiger partial charge in [0, 0.05) is 18.6 Å². The number of halogens is 2. The summed E-state index contributed by atoms with van der Waals surface area (Å²) in [7, 11) is 4.23. The quantitative estimate of drug-likeness (QED) is 0.805. The van der Waals surface area contributed by atoms with Crippen LogP contribution in [0.25, 0.3) is 0 Å². The van der Waals surface area contributed by atoms with Gasteiger partial charge >= 0.3 is 0 Å². The van der Waals surface area contributed by atoms with Crippen LogP contribution in [0, 0.1) is 0 Å². The Morgan fingerprint density at radius 3 is 2.65 bits per heavy atom. The maximum atomic E-state index is 12.1. The number of amides is 1. The molecule has 1 heterocycles. The van der Waals surface area contributed by atoms with Crippen LogP contribution in [0.2, 0.25) is 0 Å². The average Bonchev–Trinajstić information content (AvgIpc) is 2.40. The van der Waals surface area contributed by atoms with E-state index in [1.807, 2.05) is 0 Å². The SMILES string of the molecule is CN(C)C1CCCC(NC(=O)C2COCCN2)C1.Cl.Cl. The van der Waals surface area contributed by atoms with Crippen LogP contribution in [0.1, 0.15) is 25.7 Å². The standard InChI is InChI=1S/C13H25N3O2.2ClH/c1-16(2)11-5-3-4-10(8-11)15-13(17)12-9-18-7-6-14-12;;/h10-12,14H,3-9H2,1-2H3,(H,15,17);2*1H. The molecule has 5 nitrogen and oxygen atoms in total. The number of hydrogen-bond donors (Lipinski definition) is 2. The lowest BCUT2D eigenvalue weighted by atomic mass is 9.90. The Morgan fingerprint density at radius 2 is 2.05 bits per heavy atom. The van der Waals surface area contributed by atoms with Crippen molar-refractivity contribution in [2.45, 2.75) is 43.8 Å². The topological polar surface area (TPSA) is 53.6 Å². The Kier molecular flexibility index (Phi) is 9.76. The van der Waals surface area contributed by atoms with Crippen LogP contribution in [0.5, 0.6) is 0 Å². The Balaban J connectivity index is 0.00000180. The lowest BCUT2D eigenvalue weighted by Gasteiger charge is -2.34. The molecule has 1 amide bonds. The molecule has 0 bridgehead atoms. The fraction of sp³-hybridized carbons (Fsp3) is 0.923. The van der Waals surface area contributed by atoms with Crippen molar-refractivity contribution < 1.29 is 9.53 Å². The molecule has 1 saturated carbocycles. The van der Waals surface area contributed by atoms with Gasteiger partial charge in [-0.15, -0.1) is 24.8 Å². The van der Waals surface area contributed by atoms with Gasteiger partial charge in [0.15, 0.2) is 0 Å². The molecule has 2 rings (SSSR count). The summed E-state index contributed by atoms with van der Waals surface area (Å²) in [6.07, 6.45) is 4.60. The van der Waals surface area contributed by atoms with E-state index < -0.39 is 0 Å². The van der Waals surface area contributed by atoms with Crippen LogP contribution in [0.4, 0.5) is 0 Å². The smallest absolute Gasteiger partial charge is 0.239 e. The average molecular weight is 328 g/mol. The molecule has 3 atom stereocenters. The summed E-state index contributed by atoms with van der Waals surface area (Å²) in [4.78, 5) is 14.3. The Bertz CT molecular complexity index is 287. The summed E-state index contributed by atoms with van der Waals surface area (Å²) < 4.78 is 5.32. The van der Waals surface area contributed by atoms with Gasteiger partial charge in [-0.2, -0.15) is 0 Å². The highest BCUT2D eigenvalue weighted by molar-refractivity contribution is 5.85. The summed E-state index contributed by atoms with van der Waals surface area (Å²) in [6.45, 7) is 1.97. The predicted molar refractivity (Wildman–Crippen MR) is 85.0 cm³/mol. The molecule has 1 aliphatic carbocycles. The fourth-order valence-electron chi connectivity index (χ4n) is 2.80. The summed E-state index contributed by atoms with van der Waals surface area (Å²) in [5.74, 6) is 0.0964. The van der Waals surface area contributed by atoms with Crippen LogP contribution in [-0.2, 0) is 9.53 Å². The second kappa shape index (κ2) is 9.79. The van der Waals surface area contributed by atoms with E-state index in [9.17, 15) is 4.79 Å². The zero-order chi connectivity index (χ0) is 13.0. The third-order valence-electron chi connectivity index (χ3n) is 3.96. The maximum Gasteiger partial charge on any atom is 0.239 e. The van der Waals surface area contributed by atoms with Gasteiger partial charge in [0.25, 0.3) is 0 Å². The molecule has 2 fully saturated rings. The first-order valence-electron chi connectivity index (χ1n) is 6.94. The second-order valence-corrected chi connectivity index (χ2v) is 5.57. The van der Waals surface area contributed by atoms with Gasteiger partial charge in [-0.05, 0) is 39.8 Å². The van der Waals surface area contributed by atoms with E-state index in [0.29, 0.717) is 25.3 Å². The van der Waals surface area contributed by atoms with Crippen molar-refractivity contribution in [3.8, 4) is 0 Å². The molecule has 0 radical (unpaired) electrons. The van der Waals surface area contributed by atoms with Crippen molar-refractivity contribution >= 4 is 30.7 Å². The zero-order valence-electron chi connectivity index (χ0n) is 12.3. The number of rotatable bonds is 3. The highest BCUT2D eigenvalue weighted by atomic mass is 35.5. The minimum atomic E-state index is -0.168. The van der Waals surface area contributed by atoms with Crippen LogP contribution in [-0.4, -0.2) is 62.8 Å². The molecule has 0 aromatic carbocycles. The molecule has 0 aromatic rings. The van der Waals surface area contributed by atoms with Gasteiger partial charge < -0.3 is 20.3 Å². The summed E-state index contributed by atoms with van der Waals surface area (Å²) >= 11 is 0. The van der Waals surface area contributed by atoms with Crippen molar-refractivity contribution in [2.24, 2.45) is 0 Å². The van der Waals surface area contributed by atoms with Crippen LogP contribution >= 0.6 is 24.8 Å². The van der Waals surface area contributed by atoms with E-state index in [0.717, 1.165) is 19.4 Å². The van der Waals surface area contributed by atoms with E-state index in [4.69, 9.17) is 4.74 Å². The number of ether oxygens (including phenoxy) is 1. The van der Waals surface area contributed by atoms with Crippen molar-refractivity contribution in [3.63, 3.8) is 0 Å². The molecular formula is C13H27Cl2N3O2. The summed E-state index contributed by atoms with van der Waals surface area (Å²) in [6, 6.07) is 0.750. The first-order valence-corrected chi connectivity index (χ1v) is 6.94. The van der Waals surface area contributed by atoms with Crippen molar-refractivity contribution in [2.75, 3.05) is 33.9 Å². The third-order valence-corrected chi connectivity index (χ3v) is 3.96. The second-order valence-electron chi connectivity index (χ2n) is 5.57. The molecule has 1 saturated heterocycles. The number of nitrogens with one attached hydrogen (secondary N) is 2. The third kappa shape index (κ3) is 5.74. The number of carbonyl (C=O) groups excluding carboxylic acids is 1. The lowest BCUT2D eigenvalue weighted by Crippen LogP contribution is -2.54. The van der Waals surface area contributed by atoms with Crippen LogP contribution < -0.4 is 10.6 Å². The van der Waals surface area contributed by atoms with Gasteiger partial charge in [0.05, 0.1) is 13.2 Å². The number of carbonyl (C=O) groups is 1. The number of nitrogens with zero attached hydrogens (tertiary/aromatic N) is 1. The van der Waals surface area contributed by atoms with Crippen LogP contribution in [0.3, 0.4) is 0 Å². The predicted octanol–water partition coefficient (Wildman–Crippen LogP) is 0.807. The molecule has 0 aromatic heterocycles. The summed E-state index contributed by atoms with van der Waals surface area (Å²) in [5, 5.41) is 6.36. The molecule has 0 spiro atoms. The van der Waals surface area contributed by atoms with Gasteiger partial charge in [-0.25, -0.2) is 0 Å². The Morgan fingerprint density at radius 1 is 1.30 bits per heavy atom. The van der Waals surface area contributed by atoms with Crippen molar-refractivity contribution in [1.29, 1.82) is 0 Å². The molecule has 20 heavy (non-hydrogen) atoms. The van der Waals surface area contributed by atoms with E-state index in [1.54, 1.807) is 0 Å². The first kappa shape index (κ1) is 19.9. The molecule has 2 aliphatic rings. The monoisotopic (exact) mass is 327 g/mol. The number of hydrogen-bond acceptors (Lipinski definition) is 4. The molecular weight excluding hydrogens is 301 g/mol. The van der Waals surface area contributed by atoms with E-state index in [-0.39, 0.29) is 36.8 Å². The van der Waals surface area contributed by atoms with Gasteiger partial charge in [0.1, 0.15) is 6.04 Å². The highest BCUT2D eigenvalue weighted by Gasteiger charge is 2.27. The maximum absolute atomic E-state index is 12.1. The highest BCUT2D eigenvalue weighted by Crippen LogP contribution is 2.21. The van der Waals surface area contributed by atoms with Gasteiger partial charge in [-0.3, -0.25) is 4.79 Å². The normalized spacial score (nSPS) is 30.1. The van der Waals surface area contributed by atoms with Crippen molar-refractivity contribution in [3.05, 3.63) is 0 Å². The lowest BCUT2D eigenvalue weighted by molar-refractivity contribution is -0.127. The first-order chi connectivity index (χ1) is 8.66. The Hall–Kier alpha value is -0.0700. The largest absolute Gasteiger partial charge is 0.378 e. The zero-order valence-corrected chi connectivity index (χ0v) is 13.9. The molecule has 120 valence electrons. The van der Waals surface area contributed by atoms with Gasteiger partial charge in [-0.1, -0.05) is 0 Å².